The molecule has 1 aromatic carbocycles. The van der Waals surface area contributed by atoms with E-state index in [4.69, 9.17) is 4.74 Å². The summed E-state index contributed by atoms with van der Waals surface area (Å²) in [6, 6.07) is 3.52. The van der Waals surface area contributed by atoms with Crippen molar-refractivity contribution in [1.29, 1.82) is 0 Å². The molecule has 1 aromatic rings. The number of Topliss-reactive ketones (excluding diaryl/α,β-unsaturated/α-hetero) is 1. The molecule has 0 saturated heterocycles. The van der Waals surface area contributed by atoms with Crippen molar-refractivity contribution in [2.24, 2.45) is 0 Å². The molecule has 1 unspecified atom stereocenters. The molecule has 1 atom stereocenters. The zero-order chi connectivity index (χ0) is 12.8. The van der Waals surface area contributed by atoms with E-state index < -0.39 is 17.7 Å². The molecule has 0 aliphatic rings. The fraction of sp³-hybridized carbons (Fsp3) is 0.462. The molecule has 0 aromatic heterocycles. The largest absolute Gasteiger partial charge is 0.365 e. The van der Waals surface area contributed by atoms with E-state index in [-0.39, 0.29) is 17.8 Å². The number of halogens is 2. The van der Waals surface area contributed by atoms with E-state index in [9.17, 15) is 13.6 Å². The van der Waals surface area contributed by atoms with Gasteiger partial charge in [0, 0.05) is 13.0 Å². The van der Waals surface area contributed by atoms with Crippen LogP contribution in [0.5, 0.6) is 0 Å². The van der Waals surface area contributed by atoms with Crippen molar-refractivity contribution in [3.05, 3.63) is 35.4 Å². The Hall–Kier alpha value is -1.29. The van der Waals surface area contributed by atoms with Gasteiger partial charge < -0.3 is 4.74 Å². The first-order valence-corrected chi connectivity index (χ1v) is 5.70. The predicted molar refractivity (Wildman–Crippen MR) is 60.6 cm³/mol. The summed E-state index contributed by atoms with van der Waals surface area (Å²) in [7, 11) is 0. The standard InChI is InChI=1S/C13H16F2O2/c1-3-8-17-13(11(16)4-2)12-9(14)6-5-7-10(12)15/h5-7,13H,3-4,8H2,1-2H3. The Morgan fingerprint density at radius 3 is 2.35 bits per heavy atom. The Labute approximate surface area is 99.6 Å². The molecule has 0 spiro atoms. The monoisotopic (exact) mass is 242 g/mol. The van der Waals surface area contributed by atoms with Crippen LogP contribution in [0.15, 0.2) is 18.2 Å². The van der Waals surface area contributed by atoms with Crippen molar-refractivity contribution >= 4 is 5.78 Å². The molecule has 2 nitrogen and oxygen atoms in total. The fourth-order valence-corrected chi connectivity index (χ4v) is 1.52. The van der Waals surface area contributed by atoms with E-state index in [1.165, 1.54) is 6.07 Å². The zero-order valence-corrected chi connectivity index (χ0v) is 10.0. The maximum Gasteiger partial charge on any atom is 0.166 e. The number of benzene rings is 1. The van der Waals surface area contributed by atoms with Crippen LogP contribution in [0.3, 0.4) is 0 Å². The molecule has 4 heteroatoms. The summed E-state index contributed by atoms with van der Waals surface area (Å²) in [5.74, 6) is -1.80. The summed E-state index contributed by atoms with van der Waals surface area (Å²) in [5, 5.41) is 0. The Balaban J connectivity index is 3.07. The third-order valence-corrected chi connectivity index (χ3v) is 2.39. The van der Waals surface area contributed by atoms with Crippen molar-refractivity contribution < 1.29 is 18.3 Å². The molecule has 0 fully saturated rings. The van der Waals surface area contributed by atoms with Gasteiger partial charge in [-0.1, -0.05) is 19.9 Å². The van der Waals surface area contributed by atoms with Gasteiger partial charge in [0.1, 0.15) is 17.7 Å². The number of ether oxygens (including phenoxy) is 1. The van der Waals surface area contributed by atoms with Gasteiger partial charge in [-0.15, -0.1) is 0 Å². The molecule has 0 aliphatic carbocycles. The number of carbonyl (C=O) groups is 1. The van der Waals surface area contributed by atoms with Gasteiger partial charge in [-0.25, -0.2) is 8.78 Å². The lowest BCUT2D eigenvalue weighted by Gasteiger charge is -2.17. The molecular weight excluding hydrogens is 226 g/mol. The lowest BCUT2D eigenvalue weighted by atomic mass is 10.0. The highest BCUT2D eigenvalue weighted by molar-refractivity contribution is 5.84. The molecule has 1 rings (SSSR count). The minimum Gasteiger partial charge on any atom is -0.365 e. The van der Waals surface area contributed by atoms with Crippen LogP contribution in [0.4, 0.5) is 8.78 Å². The van der Waals surface area contributed by atoms with Crippen molar-refractivity contribution in [1.82, 2.24) is 0 Å². The highest BCUT2D eigenvalue weighted by Crippen LogP contribution is 2.25. The average molecular weight is 242 g/mol. The van der Waals surface area contributed by atoms with Crippen molar-refractivity contribution in [2.45, 2.75) is 32.8 Å². The molecule has 0 radical (unpaired) electrons. The zero-order valence-electron chi connectivity index (χ0n) is 10.0. The molecular formula is C13H16F2O2. The second-order valence-electron chi connectivity index (χ2n) is 3.71. The molecule has 0 heterocycles. The van der Waals surface area contributed by atoms with E-state index in [1.54, 1.807) is 6.92 Å². The van der Waals surface area contributed by atoms with E-state index in [0.717, 1.165) is 12.1 Å². The molecule has 17 heavy (non-hydrogen) atoms. The van der Waals surface area contributed by atoms with Gasteiger partial charge in [0.05, 0.1) is 5.56 Å². The summed E-state index contributed by atoms with van der Waals surface area (Å²) in [5.41, 5.74) is -0.284. The summed E-state index contributed by atoms with van der Waals surface area (Å²) in [6.07, 6.45) is -0.271. The second-order valence-corrected chi connectivity index (χ2v) is 3.71. The number of carbonyl (C=O) groups excluding carboxylic acids is 1. The van der Waals surface area contributed by atoms with Crippen LogP contribution in [0, 0.1) is 11.6 Å². The lowest BCUT2D eigenvalue weighted by Crippen LogP contribution is -2.18. The van der Waals surface area contributed by atoms with Crippen molar-refractivity contribution in [2.75, 3.05) is 6.61 Å². The van der Waals surface area contributed by atoms with Gasteiger partial charge in [0.15, 0.2) is 5.78 Å². The number of ketones is 1. The third kappa shape index (κ3) is 3.33. The van der Waals surface area contributed by atoms with Gasteiger partial charge in [0.2, 0.25) is 0 Å². The normalized spacial score (nSPS) is 12.5. The highest BCUT2D eigenvalue weighted by Gasteiger charge is 2.26. The van der Waals surface area contributed by atoms with Gasteiger partial charge >= 0.3 is 0 Å². The van der Waals surface area contributed by atoms with E-state index >= 15 is 0 Å². The van der Waals surface area contributed by atoms with Gasteiger partial charge in [-0.05, 0) is 18.6 Å². The molecule has 0 saturated carbocycles. The van der Waals surface area contributed by atoms with Crippen LogP contribution in [0.2, 0.25) is 0 Å². The number of hydrogen-bond acceptors (Lipinski definition) is 2. The first-order valence-electron chi connectivity index (χ1n) is 5.70. The highest BCUT2D eigenvalue weighted by atomic mass is 19.1. The predicted octanol–water partition coefficient (Wildman–Crippen LogP) is 3.41. The third-order valence-electron chi connectivity index (χ3n) is 2.39. The van der Waals surface area contributed by atoms with Gasteiger partial charge in [-0.3, -0.25) is 4.79 Å². The van der Waals surface area contributed by atoms with Crippen LogP contribution in [0.1, 0.15) is 38.4 Å². The van der Waals surface area contributed by atoms with Crippen molar-refractivity contribution in [3.8, 4) is 0 Å². The van der Waals surface area contributed by atoms with Crippen LogP contribution < -0.4 is 0 Å². The second kappa shape index (κ2) is 6.45. The Kier molecular flexibility index (Phi) is 5.22. The van der Waals surface area contributed by atoms with Crippen LogP contribution >= 0.6 is 0 Å². The smallest absolute Gasteiger partial charge is 0.166 e. The minimum atomic E-state index is -1.14. The first-order chi connectivity index (χ1) is 8.11. The maximum absolute atomic E-state index is 13.6. The summed E-state index contributed by atoms with van der Waals surface area (Å²) in [6.45, 7) is 3.80. The van der Waals surface area contributed by atoms with Gasteiger partial charge in [0.25, 0.3) is 0 Å². The van der Waals surface area contributed by atoms with Crippen molar-refractivity contribution in [3.63, 3.8) is 0 Å². The molecule has 0 N–H and O–H groups in total. The number of hydrogen-bond donors (Lipinski definition) is 0. The Morgan fingerprint density at radius 1 is 1.29 bits per heavy atom. The van der Waals surface area contributed by atoms with Crippen LogP contribution in [-0.4, -0.2) is 12.4 Å². The Morgan fingerprint density at radius 2 is 1.88 bits per heavy atom. The summed E-state index contributed by atoms with van der Waals surface area (Å²) in [4.78, 5) is 11.7. The SMILES string of the molecule is CCCOC(C(=O)CC)c1c(F)cccc1F. The first kappa shape index (κ1) is 13.8. The lowest BCUT2D eigenvalue weighted by molar-refractivity contribution is -0.131. The summed E-state index contributed by atoms with van der Waals surface area (Å²) < 4.78 is 32.4. The van der Waals surface area contributed by atoms with Crippen LogP contribution in [0.25, 0.3) is 0 Å². The van der Waals surface area contributed by atoms with E-state index in [1.807, 2.05) is 6.92 Å². The molecule has 0 bridgehead atoms. The minimum absolute atomic E-state index is 0.183. The molecule has 0 amide bonds. The maximum atomic E-state index is 13.6. The average Bonchev–Trinajstić information content (AvgIpc) is 2.32. The summed E-state index contributed by atoms with van der Waals surface area (Å²) >= 11 is 0. The van der Waals surface area contributed by atoms with E-state index in [2.05, 4.69) is 0 Å². The van der Waals surface area contributed by atoms with Crippen LogP contribution in [-0.2, 0) is 9.53 Å². The molecule has 0 aliphatic heterocycles. The van der Waals surface area contributed by atoms with E-state index in [0.29, 0.717) is 13.0 Å². The van der Waals surface area contributed by atoms with Gasteiger partial charge in [-0.2, -0.15) is 0 Å². The Bertz CT molecular complexity index is 371. The fourth-order valence-electron chi connectivity index (χ4n) is 1.52. The topological polar surface area (TPSA) is 26.3 Å². The molecule has 94 valence electrons. The number of rotatable bonds is 6. The quantitative estimate of drug-likeness (QED) is 0.764.